The minimum absolute atomic E-state index is 0.00922. The van der Waals surface area contributed by atoms with Crippen LogP contribution in [-0.4, -0.2) is 47.4 Å². The van der Waals surface area contributed by atoms with Gasteiger partial charge >= 0.3 is 0 Å². The Bertz CT molecular complexity index is 1270. The molecule has 2 heterocycles. The number of hydrogen-bond donors (Lipinski definition) is 1. The van der Waals surface area contributed by atoms with Crippen molar-refractivity contribution in [2.75, 3.05) is 20.2 Å². The number of aromatic hydroxyl groups is 1. The molecule has 6 heteroatoms. The molecule has 1 saturated heterocycles. The third-order valence-corrected chi connectivity index (χ3v) is 6.97. The second-order valence-corrected chi connectivity index (χ2v) is 9.20. The topological polar surface area (TPSA) is 79.7 Å². The second kappa shape index (κ2) is 8.93. The zero-order chi connectivity index (χ0) is 23.8. The molecular weight excluding hydrogens is 428 g/mol. The minimum Gasteiger partial charge on any atom is -0.506 e. The lowest BCUT2D eigenvalue weighted by molar-refractivity contribution is 0.0784. The summed E-state index contributed by atoms with van der Waals surface area (Å²) < 4.78 is 5.79. The van der Waals surface area contributed by atoms with Crippen LogP contribution in [0.1, 0.15) is 68.8 Å². The van der Waals surface area contributed by atoms with Gasteiger partial charge in [0.2, 0.25) is 0 Å². The van der Waals surface area contributed by atoms with Gasteiger partial charge in [-0.15, -0.1) is 0 Å². The first-order valence-corrected chi connectivity index (χ1v) is 11.7. The molecule has 1 unspecified atom stereocenters. The number of carbonyl (C=O) groups excluding carboxylic acids is 2. The van der Waals surface area contributed by atoms with Gasteiger partial charge in [-0.1, -0.05) is 24.3 Å². The average molecular weight is 457 g/mol. The number of pyridine rings is 1. The molecule has 174 valence electrons. The fourth-order valence-corrected chi connectivity index (χ4v) is 5.03. The van der Waals surface area contributed by atoms with Crippen molar-refractivity contribution in [3.8, 4) is 22.6 Å². The second-order valence-electron chi connectivity index (χ2n) is 9.20. The molecule has 1 aromatic heterocycles. The molecule has 1 N–H and O–H groups in total. The van der Waals surface area contributed by atoms with Gasteiger partial charge in [-0.05, 0) is 73.1 Å². The van der Waals surface area contributed by atoms with Gasteiger partial charge in [0, 0.05) is 30.1 Å². The van der Waals surface area contributed by atoms with Crippen molar-refractivity contribution in [3.63, 3.8) is 0 Å². The van der Waals surface area contributed by atoms with Crippen molar-refractivity contribution < 1.29 is 19.4 Å². The first kappa shape index (κ1) is 22.1. The number of aryl methyl sites for hydroxylation is 1. The van der Waals surface area contributed by atoms with Crippen LogP contribution in [0, 0.1) is 6.92 Å². The van der Waals surface area contributed by atoms with Gasteiger partial charge in [-0.25, -0.2) is 4.98 Å². The molecule has 5 rings (SSSR count). The summed E-state index contributed by atoms with van der Waals surface area (Å²) in [5.74, 6) is 1.16. The molecule has 2 fully saturated rings. The van der Waals surface area contributed by atoms with E-state index in [1.54, 1.807) is 25.0 Å². The Hall–Kier alpha value is -3.67. The summed E-state index contributed by atoms with van der Waals surface area (Å²) in [4.78, 5) is 31.2. The first-order valence-electron chi connectivity index (χ1n) is 11.7. The number of aldehydes is 1. The molecular formula is C28H28N2O4. The summed E-state index contributed by atoms with van der Waals surface area (Å²) in [5.41, 5.74) is 5.66. The lowest BCUT2D eigenvalue weighted by Gasteiger charge is -2.21. The number of hydrogen-bond acceptors (Lipinski definition) is 5. The molecule has 3 aromatic rings. The summed E-state index contributed by atoms with van der Waals surface area (Å²) in [6, 6.07) is 15.4. The zero-order valence-corrected chi connectivity index (χ0v) is 19.5. The van der Waals surface area contributed by atoms with Crippen molar-refractivity contribution in [1.82, 2.24) is 9.88 Å². The molecule has 0 radical (unpaired) electrons. The fourth-order valence-electron chi connectivity index (χ4n) is 5.03. The Labute approximate surface area is 199 Å². The van der Waals surface area contributed by atoms with Crippen LogP contribution in [0.25, 0.3) is 11.1 Å². The summed E-state index contributed by atoms with van der Waals surface area (Å²) >= 11 is 0. The van der Waals surface area contributed by atoms with Crippen LogP contribution < -0.4 is 4.74 Å². The van der Waals surface area contributed by atoms with Crippen molar-refractivity contribution in [3.05, 3.63) is 76.6 Å². The number of aromatic nitrogens is 1. The van der Waals surface area contributed by atoms with Gasteiger partial charge in [-0.3, -0.25) is 9.59 Å². The maximum Gasteiger partial charge on any atom is 0.272 e. The molecule has 1 atom stereocenters. The number of benzene rings is 2. The number of carbonyl (C=O) groups is 2. The molecule has 2 aromatic carbocycles. The standard InChI is InChI=1S/C28H28N2O4/c1-17-25(32)10-9-24(29-17)28(33)30-12-11-19(15-30)27-21(16-31)13-20(14-26(27)34-2)23-6-4-3-5-22(23)18-7-8-18/h3-6,9-10,13-14,16,18-19,32H,7-8,11-12,15H2,1-2H3. The van der Waals surface area contributed by atoms with E-state index in [0.29, 0.717) is 41.7 Å². The number of likely N-dealkylation sites (tertiary alicyclic amines) is 1. The monoisotopic (exact) mass is 456 g/mol. The van der Waals surface area contributed by atoms with Gasteiger partial charge in [-0.2, -0.15) is 0 Å². The summed E-state index contributed by atoms with van der Waals surface area (Å²) in [5, 5.41) is 9.72. The van der Waals surface area contributed by atoms with Crippen molar-refractivity contribution in [2.24, 2.45) is 0 Å². The highest BCUT2D eigenvalue weighted by atomic mass is 16.5. The quantitative estimate of drug-likeness (QED) is 0.523. The third-order valence-electron chi connectivity index (χ3n) is 6.97. The lowest BCUT2D eigenvalue weighted by Crippen LogP contribution is -2.29. The van der Waals surface area contributed by atoms with E-state index in [1.807, 2.05) is 18.2 Å². The minimum atomic E-state index is -0.174. The van der Waals surface area contributed by atoms with Crippen LogP contribution in [0.4, 0.5) is 0 Å². The fraction of sp³-hybridized carbons (Fsp3) is 0.321. The normalized spacial score (nSPS) is 17.6. The van der Waals surface area contributed by atoms with Crippen LogP contribution in [0.2, 0.25) is 0 Å². The van der Waals surface area contributed by atoms with Crippen LogP contribution in [-0.2, 0) is 0 Å². The Morgan fingerprint density at radius 3 is 2.62 bits per heavy atom. The molecule has 34 heavy (non-hydrogen) atoms. The Morgan fingerprint density at radius 1 is 1.12 bits per heavy atom. The average Bonchev–Trinajstić information content (AvgIpc) is 3.60. The third kappa shape index (κ3) is 4.04. The highest BCUT2D eigenvalue weighted by Crippen LogP contribution is 2.46. The van der Waals surface area contributed by atoms with Crippen LogP contribution in [0.5, 0.6) is 11.5 Å². The maximum atomic E-state index is 13.0. The van der Waals surface area contributed by atoms with E-state index in [1.165, 1.54) is 24.5 Å². The summed E-state index contributed by atoms with van der Waals surface area (Å²) in [7, 11) is 1.63. The van der Waals surface area contributed by atoms with Crippen LogP contribution in [0.15, 0.2) is 48.5 Å². The number of methoxy groups -OCH3 is 1. The van der Waals surface area contributed by atoms with E-state index in [9.17, 15) is 14.7 Å². The molecule has 1 aliphatic carbocycles. The lowest BCUT2D eigenvalue weighted by atomic mass is 9.88. The molecule has 0 bridgehead atoms. The molecule has 1 saturated carbocycles. The number of ether oxygens (including phenoxy) is 1. The predicted octanol–water partition coefficient (Wildman–Crippen LogP) is 5.09. The predicted molar refractivity (Wildman–Crippen MR) is 130 cm³/mol. The number of nitrogens with zero attached hydrogens (tertiary/aromatic N) is 2. The highest BCUT2D eigenvalue weighted by Gasteiger charge is 2.33. The molecule has 2 aliphatic rings. The van der Waals surface area contributed by atoms with Gasteiger partial charge in [0.1, 0.15) is 23.5 Å². The van der Waals surface area contributed by atoms with Crippen LogP contribution >= 0.6 is 0 Å². The molecule has 0 spiro atoms. The van der Waals surface area contributed by atoms with E-state index in [0.717, 1.165) is 29.4 Å². The van der Waals surface area contributed by atoms with Crippen molar-refractivity contribution in [1.29, 1.82) is 0 Å². The summed E-state index contributed by atoms with van der Waals surface area (Å²) in [6.07, 6.45) is 4.04. The number of rotatable bonds is 6. The largest absolute Gasteiger partial charge is 0.506 e. The smallest absolute Gasteiger partial charge is 0.272 e. The Balaban J connectivity index is 1.45. The van der Waals surface area contributed by atoms with E-state index in [-0.39, 0.29) is 17.6 Å². The first-order chi connectivity index (χ1) is 16.5. The van der Waals surface area contributed by atoms with Crippen LogP contribution in [0.3, 0.4) is 0 Å². The van der Waals surface area contributed by atoms with Gasteiger partial charge in [0.25, 0.3) is 5.91 Å². The van der Waals surface area contributed by atoms with E-state index in [2.05, 4.69) is 23.2 Å². The van der Waals surface area contributed by atoms with Crippen molar-refractivity contribution >= 4 is 12.2 Å². The molecule has 1 amide bonds. The highest BCUT2D eigenvalue weighted by molar-refractivity contribution is 5.93. The Morgan fingerprint density at radius 2 is 1.91 bits per heavy atom. The van der Waals surface area contributed by atoms with E-state index >= 15 is 0 Å². The van der Waals surface area contributed by atoms with Gasteiger partial charge in [0.15, 0.2) is 0 Å². The molecule has 1 aliphatic heterocycles. The van der Waals surface area contributed by atoms with Crippen molar-refractivity contribution in [2.45, 2.75) is 38.0 Å². The van der Waals surface area contributed by atoms with E-state index in [4.69, 9.17) is 4.74 Å². The Kier molecular flexibility index (Phi) is 5.82. The van der Waals surface area contributed by atoms with Gasteiger partial charge in [0.05, 0.1) is 12.8 Å². The SMILES string of the molecule is COc1cc(-c2ccccc2C2CC2)cc(C=O)c1C1CCN(C(=O)c2ccc(O)c(C)n2)C1. The maximum absolute atomic E-state index is 13.0. The summed E-state index contributed by atoms with van der Waals surface area (Å²) in [6.45, 7) is 2.72. The molecule has 6 nitrogen and oxygen atoms in total. The zero-order valence-electron chi connectivity index (χ0n) is 19.5. The van der Waals surface area contributed by atoms with Gasteiger partial charge < -0.3 is 14.7 Å². The number of amides is 1. The van der Waals surface area contributed by atoms with E-state index < -0.39 is 0 Å².